The van der Waals surface area contributed by atoms with E-state index in [1.165, 1.54) is 0 Å². The molecular formula is C10H20F3N3O. The van der Waals surface area contributed by atoms with E-state index in [-0.39, 0.29) is 6.61 Å². The van der Waals surface area contributed by atoms with Crippen molar-refractivity contribution in [2.45, 2.75) is 12.8 Å². The SMILES string of the molecule is NCCN1CCCN(CCOC(F)(F)F)CC1. The van der Waals surface area contributed by atoms with Crippen LogP contribution in [0.2, 0.25) is 0 Å². The minimum absolute atomic E-state index is 0.291. The van der Waals surface area contributed by atoms with Crippen LogP contribution in [0.25, 0.3) is 0 Å². The predicted molar refractivity (Wildman–Crippen MR) is 58.6 cm³/mol. The Bertz CT molecular complexity index is 213. The van der Waals surface area contributed by atoms with Gasteiger partial charge in [-0.15, -0.1) is 13.2 Å². The van der Waals surface area contributed by atoms with Crippen LogP contribution in [0.3, 0.4) is 0 Å². The van der Waals surface area contributed by atoms with Crippen molar-refractivity contribution in [3.05, 3.63) is 0 Å². The highest BCUT2D eigenvalue weighted by atomic mass is 19.4. The summed E-state index contributed by atoms with van der Waals surface area (Å²) in [7, 11) is 0. The molecule has 0 saturated carbocycles. The van der Waals surface area contributed by atoms with E-state index < -0.39 is 6.36 Å². The third kappa shape index (κ3) is 6.82. The first kappa shape index (κ1) is 14.7. The van der Waals surface area contributed by atoms with Crippen LogP contribution in [-0.4, -0.2) is 68.6 Å². The number of halogens is 3. The van der Waals surface area contributed by atoms with Crippen molar-refractivity contribution in [2.24, 2.45) is 5.73 Å². The summed E-state index contributed by atoms with van der Waals surface area (Å²) in [6, 6.07) is 0. The fraction of sp³-hybridized carbons (Fsp3) is 1.00. The zero-order valence-corrected chi connectivity index (χ0v) is 9.88. The molecule has 102 valence electrons. The van der Waals surface area contributed by atoms with Crippen LogP contribution < -0.4 is 5.73 Å². The van der Waals surface area contributed by atoms with Crippen molar-refractivity contribution in [2.75, 3.05) is 52.4 Å². The monoisotopic (exact) mass is 255 g/mol. The van der Waals surface area contributed by atoms with Gasteiger partial charge in [0.1, 0.15) is 0 Å². The highest BCUT2D eigenvalue weighted by Crippen LogP contribution is 2.15. The molecular weight excluding hydrogens is 235 g/mol. The lowest BCUT2D eigenvalue weighted by Gasteiger charge is -2.21. The summed E-state index contributed by atoms with van der Waals surface area (Å²) in [4.78, 5) is 4.24. The van der Waals surface area contributed by atoms with Crippen molar-refractivity contribution in [1.29, 1.82) is 0 Å². The van der Waals surface area contributed by atoms with E-state index in [0.29, 0.717) is 13.1 Å². The Morgan fingerprint density at radius 2 is 1.59 bits per heavy atom. The second-order valence-corrected chi connectivity index (χ2v) is 4.12. The van der Waals surface area contributed by atoms with Gasteiger partial charge in [-0.25, -0.2) is 0 Å². The van der Waals surface area contributed by atoms with Crippen molar-refractivity contribution >= 4 is 0 Å². The molecule has 7 heteroatoms. The maximum Gasteiger partial charge on any atom is 0.522 e. The van der Waals surface area contributed by atoms with Crippen molar-refractivity contribution < 1.29 is 17.9 Å². The first-order valence-electron chi connectivity index (χ1n) is 5.87. The lowest BCUT2D eigenvalue weighted by Crippen LogP contribution is -2.35. The molecule has 1 aliphatic heterocycles. The number of hydrogen-bond donors (Lipinski definition) is 1. The van der Waals surface area contributed by atoms with Gasteiger partial charge >= 0.3 is 6.36 Å². The van der Waals surface area contributed by atoms with Gasteiger partial charge in [0.2, 0.25) is 0 Å². The van der Waals surface area contributed by atoms with E-state index in [0.717, 1.165) is 39.1 Å². The molecule has 0 aromatic rings. The predicted octanol–water partition coefficient (Wildman–Crippen LogP) is 0.489. The molecule has 1 rings (SSSR count). The highest BCUT2D eigenvalue weighted by Gasteiger charge is 2.29. The molecule has 2 N–H and O–H groups in total. The van der Waals surface area contributed by atoms with E-state index in [1.807, 2.05) is 4.90 Å². The maximum atomic E-state index is 11.8. The Morgan fingerprint density at radius 1 is 1.00 bits per heavy atom. The van der Waals surface area contributed by atoms with Crippen LogP contribution in [0.4, 0.5) is 13.2 Å². The van der Waals surface area contributed by atoms with E-state index >= 15 is 0 Å². The standard InChI is InChI=1S/C10H20F3N3O/c11-10(12,13)17-9-8-16-4-1-3-15(5-2-14)6-7-16/h1-9,14H2. The van der Waals surface area contributed by atoms with E-state index in [2.05, 4.69) is 9.64 Å². The summed E-state index contributed by atoms with van der Waals surface area (Å²) in [5.74, 6) is 0. The number of hydrogen-bond acceptors (Lipinski definition) is 4. The third-order valence-corrected chi connectivity index (χ3v) is 2.80. The van der Waals surface area contributed by atoms with Crippen molar-refractivity contribution in [3.8, 4) is 0 Å². The second kappa shape index (κ2) is 7.15. The summed E-state index contributed by atoms with van der Waals surface area (Å²) < 4.78 is 39.1. The fourth-order valence-electron chi connectivity index (χ4n) is 1.94. The van der Waals surface area contributed by atoms with E-state index in [9.17, 15) is 13.2 Å². The quantitative estimate of drug-likeness (QED) is 0.776. The van der Waals surface area contributed by atoms with Crippen LogP contribution in [0.1, 0.15) is 6.42 Å². The largest absolute Gasteiger partial charge is 0.522 e. The summed E-state index contributed by atoms with van der Waals surface area (Å²) in [6.07, 6.45) is -3.55. The van der Waals surface area contributed by atoms with Gasteiger partial charge in [-0.05, 0) is 19.5 Å². The lowest BCUT2D eigenvalue weighted by atomic mass is 10.4. The Balaban J connectivity index is 2.18. The Hall–Kier alpha value is -0.370. The third-order valence-electron chi connectivity index (χ3n) is 2.80. The molecule has 0 atom stereocenters. The molecule has 0 bridgehead atoms. The molecule has 1 aliphatic rings. The number of rotatable bonds is 5. The summed E-state index contributed by atoms with van der Waals surface area (Å²) in [5, 5.41) is 0. The Labute approximate surface area is 99.5 Å². The van der Waals surface area contributed by atoms with Gasteiger partial charge in [-0.1, -0.05) is 0 Å². The topological polar surface area (TPSA) is 41.7 Å². The zero-order chi connectivity index (χ0) is 12.7. The van der Waals surface area contributed by atoms with Crippen LogP contribution in [0, 0.1) is 0 Å². The first-order chi connectivity index (χ1) is 8.01. The minimum atomic E-state index is -4.52. The Kier molecular flexibility index (Phi) is 6.18. The molecule has 0 amide bonds. The molecule has 0 aliphatic carbocycles. The van der Waals surface area contributed by atoms with Gasteiger partial charge in [0.25, 0.3) is 0 Å². The number of nitrogens with zero attached hydrogens (tertiary/aromatic N) is 2. The van der Waals surface area contributed by atoms with Crippen molar-refractivity contribution in [1.82, 2.24) is 9.80 Å². The molecule has 1 saturated heterocycles. The van der Waals surface area contributed by atoms with E-state index in [4.69, 9.17) is 5.73 Å². The smallest absolute Gasteiger partial charge is 0.329 e. The summed E-state index contributed by atoms with van der Waals surface area (Å²) in [5.41, 5.74) is 5.47. The first-order valence-corrected chi connectivity index (χ1v) is 5.87. The molecule has 0 aromatic heterocycles. The van der Waals surface area contributed by atoms with Crippen LogP contribution in [0.5, 0.6) is 0 Å². The van der Waals surface area contributed by atoms with Gasteiger partial charge < -0.3 is 10.6 Å². The molecule has 0 aromatic carbocycles. The maximum absolute atomic E-state index is 11.8. The summed E-state index contributed by atoms with van der Waals surface area (Å²) >= 11 is 0. The van der Waals surface area contributed by atoms with Crippen LogP contribution in [0.15, 0.2) is 0 Å². The van der Waals surface area contributed by atoms with Gasteiger partial charge in [0.05, 0.1) is 6.61 Å². The van der Waals surface area contributed by atoms with Crippen LogP contribution >= 0.6 is 0 Å². The van der Waals surface area contributed by atoms with E-state index in [1.54, 1.807) is 0 Å². The van der Waals surface area contributed by atoms with Crippen molar-refractivity contribution in [3.63, 3.8) is 0 Å². The normalized spacial score (nSPS) is 20.5. The van der Waals surface area contributed by atoms with Crippen LogP contribution in [-0.2, 0) is 4.74 Å². The Morgan fingerprint density at radius 3 is 2.12 bits per heavy atom. The number of ether oxygens (including phenoxy) is 1. The second-order valence-electron chi connectivity index (χ2n) is 4.12. The molecule has 1 heterocycles. The average Bonchev–Trinajstić information content (AvgIpc) is 2.43. The molecule has 1 fully saturated rings. The molecule has 4 nitrogen and oxygen atoms in total. The minimum Gasteiger partial charge on any atom is -0.329 e. The number of alkyl halides is 3. The molecule has 0 spiro atoms. The summed E-state index contributed by atoms with van der Waals surface area (Å²) in [6.45, 7) is 4.95. The van der Waals surface area contributed by atoms with Gasteiger partial charge in [0.15, 0.2) is 0 Å². The lowest BCUT2D eigenvalue weighted by molar-refractivity contribution is -0.325. The molecule has 17 heavy (non-hydrogen) atoms. The zero-order valence-electron chi connectivity index (χ0n) is 9.88. The van der Waals surface area contributed by atoms with Gasteiger partial charge in [-0.3, -0.25) is 9.64 Å². The molecule has 0 unspecified atom stereocenters. The molecule has 0 radical (unpaired) electrons. The fourth-order valence-corrected chi connectivity index (χ4v) is 1.94. The average molecular weight is 255 g/mol. The van der Waals surface area contributed by atoms with Gasteiger partial charge in [-0.2, -0.15) is 0 Å². The van der Waals surface area contributed by atoms with Gasteiger partial charge in [0, 0.05) is 32.7 Å². The number of nitrogens with two attached hydrogens (primary N) is 1. The highest BCUT2D eigenvalue weighted by molar-refractivity contribution is 4.69.